The summed E-state index contributed by atoms with van der Waals surface area (Å²) in [4.78, 5) is 11.5. The molecule has 0 saturated carbocycles. The lowest BCUT2D eigenvalue weighted by Gasteiger charge is -2.12. The summed E-state index contributed by atoms with van der Waals surface area (Å²) >= 11 is 0. The molecule has 3 nitrogen and oxygen atoms in total. The van der Waals surface area contributed by atoms with Crippen molar-refractivity contribution in [3.63, 3.8) is 0 Å². The van der Waals surface area contributed by atoms with Gasteiger partial charge in [0.2, 0.25) is 0 Å². The summed E-state index contributed by atoms with van der Waals surface area (Å²) in [5.41, 5.74) is 2.44. The molecule has 0 spiro atoms. The van der Waals surface area contributed by atoms with Crippen LogP contribution < -0.4 is 4.74 Å². The molecule has 3 heteroatoms. The lowest BCUT2D eigenvalue weighted by atomic mass is 10.0. The maximum Gasteiger partial charge on any atom is 0.344 e. The van der Waals surface area contributed by atoms with Crippen molar-refractivity contribution in [2.24, 2.45) is 0 Å². The van der Waals surface area contributed by atoms with E-state index in [9.17, 15) is 4.79 Å². The molecular weight excluding hydrogens is 372 g/mol. The minimum absolute atomic E-state index is 0.0113. The first-order chi connectivity index (χ1) is 14.7. The Bertz CT molecular complexity index is 553. The lowest BCUT2D eigenvalue weighted by molar-refractivity contribution is -0.145. The van der Waals surface area contributed by atoms with Crippen LogP contribution in [0.15, 0.2) is 18.2 Å². The minimum atomic E-state index is -0.305. The highest BCUT2D eigenvalue weighted by Gasteiger charge is 2.08. The van der Waals surface area contributed by atoms with E-state index < -0.39 is 0 Å². The Balaban J connectivity index is 2.08. The second-order valence-electron chi connectivity index (χ2n) is 8.55. The number of hydrogen-bond donors (Lipinski definition) is 0. The van der Waals surface area contributed by atoms with Gasteiger partial charge in [0.25, 0.3) is 0 Å². The van der Waals surface area contributed by atoms with Crippen molar-refractivity contribution in [3.8, 4) is 5.75 Å². The summed E-state index contributed by atoms with van der Waals surface area (Å²) in [6.07, 6.45) is 20.2. The Morgan fingerprint density at radius 3 is 1.83 bits per heavy atom. The maximum atomic E-state index is 11.5. The largest absolute Gasteiger partial charge is 0.482 e. The van der Waals surface area contributed by atoms with Crippen molar-refractivity contribution < 1.29 is 14.3 Å². The Morgan fingerprint density at radius 2 is 1.30 bits per heavy atom. The highest BCUT2D eigenvalue weighted by molar-refractivity contribution is 5.71. The third-order valence-electron chi connectivity index (χ3n) is 5.67. The molecule has 0 fully saturated rings. The molecule has 172 valence electrons. The van der Waals surface area contributed by atoms with E-state index >= 15 is 0 Å². The quantitative estimate of drug-likeness (QED) is 0.169. The number of carbonyl (C=O) groups excluding carboxylic acids is 1. The molecule has 0 aliphatic heterocycles. The SMILES string of the molecule is CCCCCCCCCCCCCCCCc1cc(C)ccc1OCC(=O)OCC. The van der Waals surface area contributed by atoms with E-state index in [1.54, 1.807) is 0 Å². The Labute approximate surface area is 185 Å². The van der Waals surface area contributed by atoms with Gasteiger partial charge < -0.3 is 9.47 Å². The molecule has 0 aliphatic carbocycles. The van der Waals surface area contributed by atoms with Crippen LogP contribution in [-0.2, 0) is 16.0 Å². The van der Waals surface area contributed by atoms with E-state index in [1.165, 1.54) is 101 Å². The summed E-state index contributed by atoms with van der Waals surface area (Å²) in [6, 6.07) is 6.20. The summed E-state index contributed by atoms with van der Waals surface area (Å²) < 4.78 is 10.7. The fourth-order valence-electron chi connectivity index (χ4n) is 3.89. The molecule has 0 amide bonds. The molecule has 0 bridgehead atoms. The standard InChI is InChI=1S/C27H46O3/c1-4-6-7-8-9-10-11-12-13-14-15-16-17-18-19-25-22-24(3)20-21-26(25)30-23-27(28)29-5-2/h20-22H,4-19,23H2,1-3H3. The maximum absolute atomic E-state index is 11.5. The van der Waals surface area contributed by atoms with E-state index in [1.807, 2.05) is 19.1 Å². The lowest BCUT2D eigenvalue weighted by Crippen LogP contribution is -2.15. The van der Waals surface area contributed by atoms with Crippen molar-refractivity contribution in [1.29, 1.82) is 0 Å². The van der Waals surface area contributed by atoms with Crippen molar-refractivity contribution >= 4 is 5.97 Å². The number of ether oxygens (including phenoxy) is 2. The Hall–Kier alpha value is -1.51. The molecule has 0 radical (unpaired) electrons. The number of carbonyl (C=O) groups is 1. The van der Waals surface area contributed by atoms with Crippen LogP contribution in [0.3, 0.4) is 0 Å². The van der Waals surface area contributed by atoms with Crippen LogP contribution >= 0.6 is 0 Å². The first-order valence-corrected chi connectivity index (χ1v) is 12.5. The highest BCUT2D eigenvalue weighted by Crippen LogP contribution is 2.23. The second kappa shape index (κ2) is 18.3. The molecular formula is C27H46O3. The van der Waals surface area contributed by atoms with Crippen LogP contribution in [0.1, 0.15) is 115 Å². The molecule has 30 heavy (non-hydrogen) atoms. The molecule has 0 heterocycles. The number of rotatable bonds is 19. The summed E-state index contributed by atoms with van der Waals surface area (Å²) in [5, 5.41) is 0. The first-order valence-electron chi connectivity index (χ1n) is 12.5. The summed E-state index contributed by atoms with van der Waals surface area (Å²) in [5.74, 6) is 0.517. The number of hydrogen-bond acceptors (Lipinski definition) is 3. The van der Waals surface area contributed by atoms with E-state index in [0.29, 0.717) is 6.61 Å². The number of benzene rings is 1. The van der Waals surface area contributed by atoms with Crippen molar-refractivity contribution in [2.45, 2.75) is 117 Å². The van der Waals surface area contributed by atoms with Crippen LogP contribution in [0.4, 0.5) is 0 Å². The van der Waals surface area contributed by atoms with Crippen LogP contribution in [0.2, 0.25) is 0 Å². The van der Waals surface area contributed by atoms with Gasteiger partial charge in [0, 0.05) is 0 Å². The van der Waals surface area contributed by atoms with Crippen LogP contribution in [0, 0.1) is 6.92 Å². The van der Waals surface area contributed by atoms with E-state index in [4.69, 9.17) is 9.47 Å². The van der Waals surface area contributed by atoms with Gasteiger partial charge in [-0.25, -0.2) is 4.79 Å². The van der Waals surface area contributed by atoms with Gasteiger partial charge in [-0.2, -0.15) is 0 Å². The van der Waals surface area contributed by atoms with Gasteiger partial charge in [-0.15, -0.1) is 0 Å². The number of unbranched alkanes of at least 4 members (excludes halogenated alkanes) is 13. The fourth-order valence-corrected chi connectivity index (χ4v) is 3.89. The zero-order chi connectivity index (χ0) is 21.9. The monoisotopic (exact) mass is 418 g/mol. The molecule has 0 aliphatic rings. The van der Waals surface area contributed by atoms with E-state index in [-0.39, 0.29) is 12.6 Å². The van der Waals surface area contributed by atoms with Gasteiger partial charge in [-0.3, -0.25) is 0 Å². The third-order valence-corrected chi connectivity index (χ3v) is 5.67. The normalized spacial score (nSPS) is 10.9. The predicted molar refractivity (Wildman–Crippen MR) is 127 cm³/mol. The molecule has 0 saturated heterocycles. The average Bonchev–Trinajstić information content (AvgIpc) is 2.73. The number of aryl methyl sites for hydroxylation is 2. The van der Waals surface area contributed by atoms with Gasteiger partial charge >= 0.3 is 5.97 Å². The molecule has 1 aromatic rings. The third kappa shape index (κ3) is 13.7. The highest BCUT2D eigenvalue weighted by atomic mass is 16.6. The van der Waals surface area contributed by atoms with Crippen LogP contribution in [0.25, 0.3) is 0 Å². The molecule has 1 rings (SSSR count). The summed E-state index contributed by atoms with van der Waals surface area (Å²) in [7, 11) is 0. The van der Waals surface area contributed by atoms with E-state index in [0.717, 1.165) is 12.2 Å². The topological polar surface area (TPSA) is 35.5 Å². The van der Waals surface area contributed by atoms with Crippen LogP contribution in [0.5, 0.6) is 5.75 Å². The molecule has 0 unspecified atom stereocenters. The van der Waals surface area contributed by atoms with Crippen molar-refractivity contribution in [3.05, 3.63) is 29.3 Å². The zero-order valence-electron chi connectivity index (χ0n) is 20.0. The van der Waals surface area contributed by atoms with Gasteiger partial charge in [0.05, 0.1) is 6.61 Å². The van der Waals surface area contributed by atoms with E-state index in [2.05, 4.69) is 19.9 Å². The first kappa shape index (κ1) is 26.5. The van der Waals surface area contributed by atoms with Gasteiger partial charge in [0.15, 0.2) is 6.61 Å². The van der Waals surface area contributed by atoms with Crippen molar-refractivity contribution in [2.75, 3.05) is 13.2 Å². The smallest absolute Gasteiger partial charge is 0.344 e. The second-order valence-corrected chi connectivity index (χ2v) is 8.55. The van der Waals surface area contributed by atoms with Crippen LogP contribution in [-0.4, -0.2) is 19.2 Å². The molecule has 1 aromatic carbocycles. The molecule has 0 aromatic heterocycles. The zero-order valence-corrected chi connectivity index (χ0v) is 20.0. The fraction of sp³-hybridized carbons (Fsp3) is 0.741. The van der Waals surface area contributed by atoms with Gasteiger partial charge in [-0.05, 0) is 38.3 Å². The summed E-state index contributed by atoms with van der Waals surface area (Å²) in [6.45, 7) is 6.57. The Kier molecular flexibility index (Phi) is 16.2. The van der Waals surface area contributed by atoms with Crippen molar-refractivity contribution in [1.82, 2.24) is 0 Å². The average molecular weight is 419 g/mol. The Morgan fingerprint density at radius 1 is 0.767 bits per heavy atom. The molecule has 0 atom stereocenters. The minimum Gasteiger partial charge on any atom is -0.482 e. The number of esters is 1. The van der Waals surface area contributed by atoms with Gasteiger partial charge in [-0.1, -0.05) is 108 Å². The predicted octanol–water partition coefficient (Wildman–Crippen LogP) is 7.96. The molecule has 0 N–H and O–H groups in total. The van der Waals surface area contributed by atoms with Gasteiger partial charge in [0.1, 0.15) is 5.75 Å².